The monoisotopic (exact) mass is 340 g/mol. The number of hydrogen-bond acceptors (Lipinski definition) is 2. The molecule has 2 nitrogen and oxygen atoms in total. The summed E-state index contributed by atoms with van der Waals surface area (Å²) >= 11 is 14.3. The largest absolute Gasteiger partial charge is 0.389 e. The van der Waals surface area contributed by atoms with Gasteiger partial charge >= 0.3 is 0 Å². The van der Waals surface area contributed by atoms with Gasteiger partial charge in [-0.1, -0.05) is 39.7 Å². The third-order valence-electron chi connectivity index (χ3n) is 2.37. The molecule has 0 aromatic heterocycles. The fourth-order valence-electron chi connectivity index (χ4n) is 1.52. The average Bonchev–Trinajstić information content (AvgIpc) is 2.32. The number of nitrogens with one attached hydrogen (secondary N) is 1. The van der Waals surface area contributed by atoms with Crippen LogP contribution in [-0.4, -0.2) is 4.99 Å². The van der Waals surface area contributed by atoms with E-state index in [1.54, 1.807) is 0 Å². The lowest BCUT2D eigenvalue weighted by Gasteiger charge is -2.11. The van der Waals surface area contributed by atoms with Crippen LogP contribution in [-0.2, 0) is 0 Å². The predicted octanol–water partition coefficient (Wildman–Crippen LogP) is 4.48. The Morgan fingerprint density at radius 3 is 2.44 bits per heavy atom. The molecule has 0 unspecified atom stereocenters. The van der Waals surface area contributed by atoms with E-state index in [4.69, 9.17) is 29.6 Å². The molecule has 18 heavy (non-hydrogen) atoms. The molecule has 0 saturated carbocycles. The minimum absolute atomic E-state index is 0.360. The lowest BCUT2D eigenvalue weighted by Crippen LogP contribution is -2.11. The van der Waals surface area contributed by atoms with E-state index in [0.717, 1.165) is 21.4 Å². The molecule has 0 bridgehead atoms. The molecule has 5 heteroatoms. The average molecular weight is 342 g/mol. The molecule has 0 heterocycles. The van der Waals surface area contributed by atoms with Crippen molar-refractivity contribution in [1.29, 1.82) is 0 Å². The third kappa shape index (κ3) is 3.22. The molecule has 0 fully saturated rings. The summed E-state index contributed by atoms with van der Waals surface area (Å²) in [5, 5.41) is 3.96. The molecular formula is C13H10BrClN2S. The Balaban J connectivity index is 2.35. The molecule has 92 valence electrons. The Morgan fingerprint density at radius 2 is 1.83 bits per heavy atom. The maximum atomic E-state index is 5.85. The first kappa shape index (κ1) is 13.3. The number of hydrogen-bond donors (Lipinski definition) is 2. The van der Waals surface area contributed by atoms with E-state index in [-0.39, 0.29) is 0 Å². The van der Waals surface area contributed by atoms with Crippen LogP contribution in [0.4, 0.5) is 11.4 Å². The van der Waals surface area contributed by atoms with E-state index in [1.807, 2.05) is 42.5 Å². The Bertz CT molecular complexity index is 584. The normalized spacial score (nSPS) is 10.1. The Kier molecular flexibility index (Phi) is 4.22. The van der Waals surface area contributed by atoms with Gasteiger partial charge in [0.15, 0.2) is 0 Å². The molecule has 2 rings (SSSR count). The van der Waals surface area contributed by atoms with Gasteiger partial charge in [0.2, 0.25) is 0 Å². The van der Waals surface area contributed by atoms with Crippen molar-refractivity contribution in [1.82, 2.24) is 0 Å². The summed E-state index contributed by atoms with van der Waals surface area (Å²) in [6, 6.07) is 13.2. The van der Waals surface area contributed by atoms with Crippen LogP contribution in [0.25, 0.3) is 0 Å². The molecule has 0 aliphatic carbocycles. The maximum absolute atomic E-state index is 5.85. The minimum Gasteiger partial charge on any atom is -0.389 e. The fourth-order valence-corrected chi connectivity index (χ4v) is 2.19. The lowest BCUT2D eigenvalue weighted by atomic mass is 10.1. The van der Waals surface area contributed by atoms with Crippen molar-refractivity contribution in [2.45, 2.75) is 0 Å². The van der Waals surface area contributed by atoms with Crippen LogP contribution in [0.5, 0.6) is 0 Å². The minimum atomic E-state index is 0.360. The first-order chi connectivity index (χ1) is 8.56. The van der Waals surface area contributed by atoms with E-state index in [0.29, 0.717) is 10.0 Å². The number of thiocarbonyl (C=S) groups is 1. The van der Waals surface area contributed by atoms with Gasteiger partial charge in [0.05, 0.1) is 0 Å². The van der Waals surface area contributed by atoms with E-state index < -0.39 is 0 Å². The Morgan fingerprint density at radius 1 is 1.17 bits per heavy atom. The van der Waals surface area contributed by atoms with Crippen molar-refractivity contribution >= 4 is 56.1 Å². The first-order valence-electron chi connectivity index (χ1n) is 5.18. The second-order valence-corrected chi connectivity index (χ2v) is 5.48. The molecule has 0 aliphatic heterocycles. The zero-order valence-electron chi connectivity index (χ0n) is 9.28. The highest BCUT2D eigenvalue weighted by atomic mass is 79.9. The summed E-state index contributed by atoms with van der Waals surface area (Å²) in [7, 11) is 0. The SMILES string of the molecule is NC(=S)c1ccc(Br)cc1Nc1ccc(Cl)cc1. The van der Waals surface area contributed by atoms with Gasteiger partial charge < -0.3 is 11.1 Å². The predicted molar refractivity (Wildman–Crippen MR) is 84.8 cm³/mol. The van der Waals surface area contributed by atoms with Crippen molar-refractivity contribution in [2.24, 2.45) is 5.73 Å². The quantitative estimate of drug-likeness (QED) is 0.808. The standard InChI is InChI=1S/C13H10BrClN2S/c14-8-1-6-11(13(16)18)12(7-8)17-10-4-2-9(15)3-5-10/h1-7,17H,(H2,16,18). The molecule has 2 aromatic rings. The van der Waals surface area contributed by atoms with Gasteiger partial charge in [-0.15, -0.1) is 0 Å². The van der Waals surface area contributed by atoms with Crippen molar-refractivity contribution in [3.63, 3.8) is 0 Å². The fraction of sp³-hybridized carbons (Fsp3) is 0. The van der Waals surface area contributed by atoms with Crippen LogP contribution in [0.3, 0.4) is 0 Å². The van der Waals surface area contributed by atoms with Gasteiger partial charge in [-0.2, -0.15) is 0 Å². The summed E-state index contributed by atoms with van der Waals surface area (Å²) < 4.78 is 0.957. The summed E-state index contributed by atoms with van der Waals surface area (Å²) in [4.78, 5) is 0.360. The van der Waals surface area contributed by atoms with Gasteiger partial charge in [-0.05, 0) is 42.5 Å². The number of rotatable bonds is 3. The number of benzene rings is 2. The lowest BCUT2D eigenvalue weighted by molar-refractivity contribution is 1.51. The van der Waals surface area contributed by atoms with Crippen LogP contribution in [0.15, 0.2) is 46.9 Å². The number of halogens is 2. The van der Waals surface area contributed by atoms with Gasteiger partial charge in [0.1, 0.15) is 4.99 Å². The Labute approximate surface area is 124 Å². The van der Waals surface area contributed by atoms with Crippen LogP contribution in [0.2, 0.25) is 5.02 Å². The Hall–Kier alpha value is -1.10. The highest BCUT2D eigenvalue weighted by Crippen LogP contribution is 2.25. The number of nitrogens with two attached hydrogens (primary N) is 1. The van der Waals surface area contributed by atoms with Gasteiger partial charge in [-0.25, -0.2) is 0 Å². The van der Waals surface area contributed by atoms with Crippen LogP contribution < -0.4 is 11.1 Å². The molecule has 2 aromatic carbocycles. The highest BCUT2D eigenvalue weighted by molar-refractivity contribution is 9.10. The maximum Gasteiger partial charge on any atom is 0.106 e. The van der Waals surface area contributed by atoms with E-state index >= 15 is 0 Å². The molecule has 0 atom stereocenters. The van der Waals surface area contributed by atoms with Crippen LogP contribution in [0.1, 0.15) is 5.56 Å². The van der Waals surface area contributed by atoms with E-state index in [2.05, 4.69) is 21.2 Å². The molecule has 3 N–H and O–H groups in total. The summed E-state index contributed by atoms with van der Waals surface area (Å²) in [6.45, 7) is 0. The molecule has 0 spiro atoms. The van der Waals surface area contributed by atoms with Crippen LogP contribution >= 0.6 is 39.7 Å². The summed E-state index contributed by atoms with van der Waals surface area (Å²) in [5.41, 5.74) is 8.29. The second kappa shape index (κ2) is 5.69. The highest BCUT2D eigenvalue weighted by Gasteiger charge is 2.06. The zero-order valence-corrected chi connectivity index (χ0v) is 12.4. The third-order valence-corrected chi connectivity index (χ3v) is 3.34. The molecule has 0 radical (unpaired) electrons. The first-order valence-corrected chi connectivity index (χ1v) is 6.76. The molecule has 0 amide bonds. The van der Waals surface area contributed by atoms with Crippen LogP contribution in [0, 0.1) is 0 Å². The second-order valence-electron chi connectivity index (χ2n) is 3.69. The van der Waals surface area contributed by atoms with Crippen molar-refractivity contribution in [3.05, 3.63) is 57.5 Å². The summed E-state index contributed by atoms with van der Waals surface area (Å²) in [5.74, 6) is 0. The molecular weight excluding hydrogens is 332 g/mol. The molecule has 0 saturated heterocycles. The van der Waals surface area contributed by atoms with E-state index in [1.165, 1.54) is 0 Å². The molecule has 0 aliphatic rings. The van der Waals surface area contributed by atoms with Crippen molar-refractivity contribution < 1.29 is 0 Å². The summed E-state index contributed by atoms with van der Waals surface area (Å²) in [6.07, 6.45) is 0. The zero-order chi connectivity index (χ0) is 13.1. The van der Waals surface area contributed by atoms with Crippen molar-refractivity contribution in [2.75, 3.05) is 5.32 Å². The van der Waals surface area contributed by atoms with Gasteiger partial charge in [0, 0.05) is 26.4 Å². The number of anilines is 2. The smallest absolute Gasteiger partial charge is 0.106 e. The van der Waals surface area contributed by atoms with Crippen molar-refractivity contribution in [3.8, 4) is 0 Å². The van der Waals surface area contributed by atoms with E-state index in [9.17, 15) is 0 Å². The van der Waals surface area contributed by atoms with Gasteiger partial charge in [0.25, 0.3) is 0 Å². The topological polar surface area (TPSA) is 38.0 Å². The van der Waals surface area contributed by atoms with Gasteiger partial charge in [-0.3, -0.25) is 0 Å².